The van der Waals surface area contributed by atoms with E-state index in [0.29, 0.717) is 0 Å². The van der Waals surface area contributed by atoms with E-state index in [4.69, 9.17) is 0 Å². The van der Waals surface area contributed by atoms with Crippen LogP contribution >= 0.6 is 0 Å². The monoisotopic (exact) mass is 439 g/mol. The van der Waals surface area contributed by atoms with Crippen molar-refractivity contribution in [2.45, 2.75) is 12.1 Å². The molecule has 0 bridgehead atoms. The van der Waals surface area contributed by atoms with E-state index in [1.807, 2.05) is 0 Å². The predicted molar refractivity (Wildman–Crippen MR) is 98.7 cm³/mol. The summed E-state index contributed by atoms with van der Waals surface area (Å²) in [7, 11) is 0. The van der Waals surface area contributed by atoms with Gasteiger partial charge in [-0.2, -0.15) is 0 Å². The van der Waals surface area contributed by atoms with Gasteiger partial charge in [0, 0.05) is 70.8 Å². The van der Waals surface area contributed by atoms with Crippen LogP contribution in [0.15, 0.2) is 48.5 Å². The molecule has 10 heteroatoms. The topological polar surface area (TPSA) is 139 Å². The fourth-order valence-corrected chi connectivity index (χ4v) is 2.56. The van der Waals surface area contributed by atoms with Crippen LogP contribution in [-0.2, 0) is 26.7 Å². The minimum absolute atomic E-state index is 0. The van der Waals surface area contributed by atoms with E-state index in [0.717, 1.165) is 0 Å². The average Bonchev–Trinajstić information content (AvgIpc) is 2.59. The fourth-order valence-electron chi connectivity index (χ4n) is 2.56. The maximum Gasteiger partial charge on any atom is 0.325 e. The summed E-state index contributed by atoms with van der Waals surface area (Å²) in [4.78, 5) is 22.9. The molecule has 0 saturated heterocycles. The van der Waals surface area contributed by atoms with E-state index in [1.54, 1.807) is 24.3 Å². The van der Waals surface area contributed by atoms with Crippen LogP contribution in [0.4, 0.5) is 0 Å². The molecule has 0 aliphatic rings. The molecule has 0 heterocycles. The van der Waals surface area contributed by atoms with Crippen molar-refractivity contribution in [3.63, 3.8) is 0 Å². The van der Waals surface area contributed by atoms with Crippen molar-refractivity contribution in [1.82, 2.24) is 10.6 Å². The molecule has 0 aromatic heterocycles. The van der Waals surface area contributed by atoms with Crippen molar-refractivity contribution in [1.29, 1.82) is 0 Å². The summed E-state index contributed by atoms with van der Waals surface area (Å²) in [6.07, 6.45) is 0. The standard InChI is InChI=1S/C18H20N2O6.Fe.Na/c21-13-7-3-1-5-11(13)15(17(23)24)19-9-10-20-16(18(25)26)12-6-2-4-8-14(12)22;;/h1-8,15-16,19-22H,9-10H2,(H,23,24)(H,25,26);;. The molecule has 6 N–H and O–H groups in total. The first-order chi connectivity index (χ1) is 12.4. The van der Waals surface area contributed by atoms with Gasteiger partial charge in [-0.15, -0.1) is 0 Å². The van der Waals surface area contributed by atoms with Crippen molar-refractivity contribution < 1.29 is 47.1 Å². The zero-order chi connectivity index (χ0) is 19.1. The van der Waals surface area contributed by atoms with Crippen LogP contribution in [0.3, 0.4) is 0 Å². The van der Waals surface area contributed by atoms with Gasteiger partial charge >= 0.3 is 11.9 Å². The molecule has 0 spiro atoms. The van der Waals surface area contributed by atoms with Crippen LogP contribution in [0, 0.1) is 0 Å². The number of hydrogen-bond donors (Lipinski definition) is 6. The van der Waals surface area contributed by atoms with Gasteiger partial charge in [-0.1, -0.05) is 36.4 Å². The Kier molecular flexibility index (Phi) is 12.1. The van der Waals surface area contributed by atoms with Gasteiger partial charge in [0.25, 0.3) is 0 Å². The Labute approximate surface area is 194 Å². The van der Waals surface area contributed by atoms with Gasteiger partial charge in [0.15, 0.2) is 0 Å². The largest absolute Gasteiger partial charge is 0.508 e. The third kappa shape index (κ3) is 7.10. The number of aromatic hydroxyl groups is 2. The molecule has 2 unspecified atom stereocenters. The molecule has 2 rings (SSSR count). The van der Waals surface area contributed by atoms with E-state index in [1.165, 1.54) is 24.3 Å². The number of carbonyl (C=O) groups is 2. The van der Waals surface area contributed by atoms with Gasteiger partial charge < -0.3 is 20.4 Å². The van der Waals surface area contributed by atoms with Gasteiger partial charge in [0.05, 0.1) is 0 Å². The number of hydrogen-bond acceptors (Lipinski definition) is 6. The molecule has 0 saturated carbocycles. The number of aliphatic carboxylic acids is 2. The SMILES string of the molecule is O=C(O)C(NCCNC(C(=O)O)c1ccccc1O)c1ccccc1O.[Fe].[Na]. The van der Waals surface area contributed by atoms with E-state index >= 15 is 0 Å². The van der Waals surface area contributed by atoms with Crippen molar-refractivity contribution in [2.75, 3.05) is 13.1 Å². The van der Waals surface area contributed by atoms with Crippen molar-refractivity contribution in [2.24, 2.45) is 0 Å². The summed E-state index contributed by atoms with van der Waals surface area (Å²) in [5.74, 6) is -2.61. The second kappa shape index (κ2) is 12.8. The zero-order valence-corrected chi connectivity index (χ0v) is 18.3. The maximum atomic E-state index is 11.4. The molecule has 1 radical (unpaired) electrons. The van der Waals surface area contributed by atoms with E-state index in [9.17, 15) is 30.0 Å². The Hall–Kier alpha value is -1.58. The number of phenols is 2. The van der Waals surface area contributed by atoms with Crippen molar-refractivity contribution in [3.05, 3.63) is 59.7 Å². The Balaban J connectivity index is 0.00000364. The van der Waals surface area contributed by atoms with Gasteiger partial charge in [-0.25, -0.2) is 0 Å². The summed E-state index contributed by atoms with van der Waals surface area (Å²) in [5.41, 5.74) is 0.436. The van der Waals surface area contributed by atoms with Gasteiger partial charge in [0.1, 0.15) is 23.6 Å². The molecule has 2 atom stereocenters. The first kappa shape index (κ1) is 26.4. The molecular weight excluding hydrogens is 419 g/mol. The number of carboxylic acids is 2. The summed E-state index contributed by atoms with van der Waals surface area (Å²) in [5, 5.41) is 43.8. The Bertz CT molecular complexity index is 727. The first-order valence-electron chi connectivity index (χ1n) is 7.90. The number of benzene rings is 2. The van der Waals surface area contributed by atoms with Crippen LogP contribution in [-0.4, -0.2) is 75.0 Å². The Morgan fingerprint density at radius 3 is 1.36 bits per heavy atom. The number of rotatable bonds is 9. The van der Waals surface area contributed by atoms with Crippen LogP contribution in [0.1, 0.15) is 23.2 Å². The molecule has 0 aliphatic heterocycles. The maximum absolute atomic E-state index is 11.4. The van der Waals surface area contributed by atoms with Crippen LogP contribution in [0.2, 0.25) is 0 Å². The van der Waals surface area contributed by atoms with E-state index in [-0.39, 0.29) is 82.3 Å². The molecule has 0 amide bonds. The number of para-hydroxylation sites is 2. The Morgan fingerprint density at radius 2 is 1.07 bits per heavy atom. The molecule has 8 nitrogen and oxygen atoms in total. The van der Waals surface area contributed by atoms with Crippen LogP contribution in [0.25, 0.3) is 0 Å². The fraction of sp³-hybridized carbons (Fsp3) is 0.222. The van der Waals surface area contributed by atoms with E-state index in [2.05, 4.69) is 10.6 Å². The van der Waals surface area contributed by atoms with Gasteiger partial charge in [-0.3, -0.25) is 20.2 Å². The van der Waals surface area contributed by atoms with E-state index < -0.39 is 24.0 Å². The summed E-state index contributed by atoms with van der Waals surface area (Å²) in [6.45, 7) is 0.255. The minimum atomic E-state index is -1.16. The molecule has 28 heavy (non-hydrogen) atoms. The second-order valence-corrected chi connectivity index (χ2v) is 5.57. The minimum Gasteiger partial charge on any atom is -0.508 e. The van der Waals surface area contributed by atoms with Gasteiger partial charge in [-0.05, 0) is 12.1 Å². The summed E-state index contributed by atoms with van der Waals surface area (Å²) < 4.78 is 0. The molecular formula is C18H20FeN2NaO6. The van der Waals surface area contributed by atoms with Crippen LogP contribution in [0.5, 0.6) is 11.5 Å². The second-order valence-electron chi connectivity index (χ2n) is 5.57. The quantitative estimate of drug-likeness (QED) is 0.250. The Morgan fingerprint density at radius 1 is 0.750 bits per heavy atom. The molecule has 147 valence electrons. The number of carboxylic acid groups (broad SMARTS) is 2. The smallest absolute Gasteiger partial charge is 0.325 e. The summed E-state index contributed by atoms with van der Waals surface area (Å²) >= 11 is 0. The zero-order valence-electron chi connectivity index (χ0n) is 15.1. The van der Waals surface area contributed by atoms with Gasteiger partial charge in [0.2, 0.25) is 0 Å². The summed E-state index contributed by atoms with van der Waals surface area (Å²) in [6, 6.07) is 9.91. The number of phenolic OH excluding ortho intramolecular Hbond substituents is 2. The predicted octanol–water partition coefficient (Wildman–Crippen LogP) is 0.845. The van der Waals surface area contributed by atoms with Crippen LogP contribution < -0.4 is 10.6 Å². The molecule has 0 aliphatic carbocycles. The third-order valence-corrected chi connectivity index (χ3v) is 3.81. The molecule has 0 fully saturated rings. The average molecular weight is 439 g/mol. The molecule has 2 aromatic carbocycles. The third-order valence-electron chi connectivity index (χ3n) is 3.81. The normalized spacial score (nSPS) is 12.1. The van der Waals surface area contributed by atoms with Crippen molar-refractivity contribution >= 4 is 41.5 Å². The first-order valence-corrected chi connectivity index (χ1v) is 7.90. The molecule has 2 aromatic rings. The number of nitrogens with one attached hydrogen (secondary N) is 2. The van der Waals surface area contributed by atoms with Crippen molar-refractivity contribution in [3.8, 4) is 11.5 Å².